The Morgan fingerprint density at radius 2 is 1.97 bits per heavy atom. The van der Waals surface area contributed by atoms with Crippen LogP contribution in [0.15, 0.2) is 47.6 Å². The zero-order valence-corrected chi connectivity index (χ0v) is 21.5. The fraction of sp³-hybridized carbons (Fsp3) is 0.360. The number of benzene rings is 2. The average molecular weight is 514 g/mol. The van der Waals surface area contributed by atoms with E-state index in [1.807, 2.05) is 41.5 Å². The Kier molecular flexibility index (Phi) is 7.97. The van der Waals surface area contributed by atoms with Gasteiger partial charge in [-0.25, -0.2) is 0 Å². The maximum Gasteiger partial charge on any atom is 0.254 e. The number of nitrogens with zero attached hydrogens (tertiary/aromatic N) is 4. The molecule has 1 atom stereocenters. The van der Waals surface area contributed by atoms with Gasteiger partial charge in [-0.1, -0.05) is 29.4 Å². The molecular formula is C25H28ClN5O3S. The van der Waals surface area contributed by atoms with Gasteiger partial charge in [-0.2, -0.15) is 0 Å². The number of rotatable bonds is 8. The number of ether oxygens (including phenoxy) is 1. The Balaban J connectivity index is 1.46. The molecule has 2 heterocycles. The second-order valence-electron chi connectivity index (χ2n) is 8.29. The average Bonchev–Trinajstić information content (AvgIpc) is 3.49. The van der Waals surface area contributed by atoms with Crippen LogP contribution in [0, 0.1) is 6.92 Å². The first-order valence-electron chi connectivity index (χ1n) is 11.5. The molecule has 1 aliphatic heterocycles. The number of thioether (sulfide) groups is 1. The van der Waals surface area contributed by atoms with Gasteiger partial charge in [-0.3, -0.25) is 9.59 Å². The van der Waals surface area contributed by atoms with Crippen LogP contribution >= 0.6 is 23.4 Å². The third kappa shape index (κ3) is 5.62. The van der Waals surface area contributed by atoms with Gasteiger partial charge in [0.25, 0.3) is 5.91 Å². The van der Waals surface area contributed by atoms with Gasteiger partial charge in [0, 0.05) is 23.7 Å². The van der Waals surface area contributed by atoms with Crippen LogP contribution in [-0.4, -0.2) is 50.9 Å². The van der Waals surface area contributed by atoms with Crippen LogP contribution in [0.4, 0.5) is 5.69 Å². The molecule has 0 spiro atoms. The summed E-state index contributed by atoms with van der Waals surface area (Å²) in [5.41, 5.74) is 2.26. The minimum absolute atomic E-state index is 0.0458. The highest BCUT2D eigenvalue weighted by Crippen LogP contribution is 2.34. The molecule has 0 radical (unpaired) electrons. The summed E-state index contributed by atoms with van der Waals surface area (Å²) in [6.45, 7) is 5.26. The van der Waals surface area contributed by atoms with Crippen molar-refractivity contribution in [3.63, 3.8) is 0 Å². The number of likely N-dealkylation sites (tertiary alicyclic amines) is 1. The van der Waals surface area contributed by atoms with Gasteiger partial charge in [-0.15, -0.1) is 10.2 Å². The smallest absolute Gasteiger partial charge is 0.254 e. The van der Waals surface area contributed by atoms with Crippen molar-refractivity contribution in [1.29, 1.82) is 0 Å². The van der Waals surface area contributed by atoms with Crippen LogP contribution in [0.25, 0.3) is 0 Å². The SMILES string of the molecule is CCn1c(SCC(=O)Nc2cc(C)ccc2OC)nnc1C1CCCN1C(=O)c1ccc(Cl)cc1. The van der Waals surface area contributed by atoms with Crippen molar-refractivity contribution in [1.82, 2.24) is 19.7 Å². The van der Waals surface area contributed by atoms with Gasteiger partial charge in [0.1, 0.15) is 5.75 Å². The molecular weight excluding hydrogens is 486 g/mol. The maximum atomic E-state index is 13.2. The molecule has 0 saturated carbocycles. The number of carbonyl (C=O) groups excluding carboxylic acids is 2. The molecule has 0 aliphatic carbocycles. The molecule has 2 aromatic carbocycles. The van der Waals surface area contributed by atoms with E-state index < -0.39 is 0 Å². The Hall–Kier alpha value is -3.04. The molecule has 1 aromatic heterocycles. The maximum absolute atomic E-state index is 13.2. The van der Waals surface area contributed by atoms with Crippen molar-refractivity contribution in [2.75, 3.05) is 24.7 Å². The lowest BCUT2D eigenvalue weighted by Crippen LogP contribution is -2.32. The lowest BCUT2D eigenvalue weighted by atomic mass is 10.1. The van der Waals surface area contributed by atoms with Crippen LogP contribution in [0.2, 0.25) is 5.02 Å². The number of anilines is 1. The topological polar surface area (TPSA) is 89.3 Å². The van der Waals surface area contributed by atoms with Crippen molar-refractivity contribution >= 4 is 40.9 Å². The third-order valence-corrected chi connectivity index (χ3v) is 7.14. The molecule has 10 heteroatoms. The van der Waals surface area contributed by atoms with E-state index in [4.69, 9.17) is 16.3 Å². The Morgan fingerprint density at radius 1 is 1.20 bits per heavy atom. The first-order valence-corrected chi connectivity index (χ1v) is 12.8. The van der Waals surface area contributed by atoms with E-state index in [1.54, 1.807) is 31.4 Å². The van der Waals surface area contributed by atoms with E-state index >= 15 is 0 Å². The first-order chi connectivity index (χ1) is 16.9. The van der Waals surface area contributed by atoms with Gasteiger partial charge in [0.15, 0.2) is 11.0 Å². The quantitative estimate of drug-likeness (QED) is 0.427. The molecule has 3 aromatic rings. The van der Waals surface area contributed by atoms with Crippen molar-refractivity contribution in [2.45, 2.75) is 44.4 Å². The van der Waals surface area contributed by atoms with Crippen LogP contribution in [0.1, 0.15) is 47.6 Å². The second kappa shape index (κ2) is 11.1. The zero-order valence-electron chi connectivity index (χ0n) is 20.0. The van der Waals surface area contributed by atoms with Crippen molar-refractivity contribution in [3.05, 3.63) is 64.4 Å². The summed E-state index contributed by atoms with van der Waals surface area (Å²) < 4.78 is 7.33. The standard InChI is InChI=1S/C25H28ClN5O3S/c1-4-30-23(20-6-5-13-31(20)24(33)17-8-10-18(26)11-9-17)28-29-25(30)35-15-22(32)27-19-14-16(2)7-12-21(19)34-3/h7-12,14,20H,4-6,13,15H2,1-3H3,(H,27,32). The zero-order chi connectivity index (χ0) is 24.9. The fourth-order valence-corrected chi connectivity index (χ4v) is 5.16. The molecule has 184 valence electrons. The van der Waals surface area contributed by atoms with Crippen LogP contribution in [0.5, 0.6) is 5.75 Å². The van der Waals surface area contributed by atoms with Crippen molar-refractivity contribution in [2.24, 2.45) is 0 Å². The molecule has 1 N–H and O–H groups in total. The summed E-state index contributed by atoms with van der Waals surface area (Å²) in [5.74, 6) is 1.32. The molecule has 1 aliphatic rings. The van der Waals surface area contributed by atoms with Crippen molar-refractivity contribution < 1.29 is 14.3 Å². The predicted molar refractivity (Wildman–Crippen MR) is 137 cm³/mol. The first kappa shape index (κ1) is 25.1. The van der Waals surface area contributed by atoms with E-state index in [-0.39, 0.29) is 23.6 Å². The number of aryl methyl sites for hydroxylation is 1. The fourth-order valence-electron chi connectivity index (χ4n) is 4.22. The predicted octanol–water partition coefficient (Wildman–Crippen LogP) is 4.98. The number of nitrogens with one attached hydrogen (secondary N) is 1. The van der Waals surface area contributed by atoms with Gasteiger partial charge < -0.3 is 19.5 Å². The number of halogens is 1. The lowest BCUT2D eigenvalue weighted by molar-refractivity contribution is -0.113. The van der Waals surface area contributed by atoms with E-state index in [0.717, 1.165) is 24.2 Å². The number of carbonyl (C=O) groups is 2. The molecule has 35 heavy (non-hydrogen) atoms. The minimum atomic E-state index is -0.162. The van der Waals surface area contributed by atoms with Gasteiger partial charge >= 0.3 is 0 Å². The van der Waals surface area contributed by atoms with Crippen molar-refractivity contribution in [3.8, 4) is 5.75 Å². The molecule has 8 nitrogen and oxygen atoms in total. The van der Waals surface area contributed by atoms with Gasteiger partial charge in [0.2, 0.25) is 5.91 Å². The van der Waals surface area contributed by atoms with Crippen LogP contribution < -0.4 is 10.1 Å². The Morgan fingerprint density at radius 3 is 2.69 bits per heavy atom. The van der Waals surface area contributed by atoms with Gasteiger partial charge in [-0.05, 0) is 68.7 Å². The lowest BCUT2D eigenvalue weighted by Gasteiger charge is -2.24. The summed E-state index contributed by atoms with van der Waals surface area (Å²) in [6, 6.07) is 12.4. The number of aromatic nitrogens is 3. The molecule has 1 fully saturated rings. The number of hydrogen-bond donors (Lipinski definition) is 1. The van der Waals surface area contributed by atoms with E-state index in [0.29, 0.717) is 40.3 Å². The second-order valence-corrected chi connectivity index (χ2v) is 9.67. The molecule has 2 amide bonds. The number of hydrogen-bond acceptors (Lipinski definition) is 6. The highest BCUT2D eigenvalue weighted by molar-refractivity contribution is 7.99. The summed E-state index contributed by atoms with van der Waals surface area (Å²) in [4.78, 5) is 27.7. The monoisotopic (exact) mass is 513 g/mol. The summed E-state index contributed by atoms with van der Waals surface area (Å²) >= 11 is 7.30. The van der Waals surface area contributed by atoms with E-state index in [2.05, 4.69) is 15.5 Å². The molecule has 1 unspecified atom stereocenters. The number of amides is 2. The third-order valence-electron chi connectivity index (χ3n) is 5.93. The van der Waals surface area contributed by atoms with E-state index in [1.165, 1.54) is 11.8 Å². The van der Waals surface area contributed by atoms with Crippen LogP contribution in [-0.2, 0) is 11.3 Å². The Bertz CT molecular complexity index is 1210. The van der Waals surface area contributed by atoms with E-state index in [9.17, 15) is 9.59 Å². The molecule has 0 bridgehead atoms. The minimum Gasteiger partial charge on any atom is -0.495 e. The highest BCUT2D eigenvalue weighted by atomic mass is 35.5. The summed E-state index contributed by atoms with van der Waals surface area (Å²) in [6.07, 6.45) is 1.71. The largest absolute Gasteiger partial charge is 0.495 e. The normalized spacial score (nSPS) is 15.3. The summed E-state index contributed by atoms with van der Waals surface area (Å²) in [7, 11) is 1.57. The Labute approximate surface area is 214 Å². The molecule has 1 saturated heterocycles. The molecule has 4 rings (SSSR count). The highest BCUT2D eigenvalue weighted by Gasteiger charge is 2.34. The van der Waals surface area contributed by atoms with Gasteiger partial charge in [0.05, 0.1) is 24.6 Å². The summed E-state index contributed by atoms with van der Waals surface area (Å²) in [5, 5.41) is 12.9. The number of methoxy groups -OCH3 is 1. The van der Waals surface area contributed by atoms with Crippen LogP contribution in [0.3, 0.4) is 0 Å².